The zero-order valence-electron chi connectivity index (χ0n) is 16.7. The van der Waals surface area contributed by atoms with Crippen molar-refractivity contribution in [1.29, 1.82) is 0 Å². The van der Waals surface area contributed by atoms with Gasteiger partial charge < -0.3 is 5.32 Å². The number of H-pyrrole nitrogens is 1. The van der Waals surface area contributed by atoms with E-state index in [2.05, 4.69) is 34.3 Å². The summed E-state index contributed by atoms with van der Waals surface area (Å²) >= 11 is 0. The van der Waals surface area contributed by atoms with Crippen molar-refractivity contribution in [3.63, 3.8) is 0 Å². The summed E-state index contributed by atoms with van der Waals surface area (Å²) < 4.78 is 38.0. The van der Waals surface area contributed by atoms with Gasteiger partial charge in [-0.3, -0.25) is 14.8 Å². The summed E-state index contributed by atoms with van der Waals surface area (Å²) in [6, 6.07) is 7.50. The van der Waals surface area contributed by atoms with E-state index in [1.165, 1.54) is 31.4 Å². The molecule has 1 saturated heterocycles. The number of likely N-dealkylation sites (tertiary alicyclic amines) is 1. The Balaban J connectivity index is 1.50. The number of benzene rings is 1. The highest BCUT2D eigenvalue weighted by molar-refractivity contribution is 5.90. The first-order valence-electron chi connectivity index (χ1n) is 10.0. The molecule has 0 radical (unpaired) electrons. The zero-order chi connectivity index (χ0) is 21.0. The number of carbonyl (C=O) groups is 1. The smallest absolute Gasteiger partial charge is 0.311 e. The quantitative estimate of drug-likeness (QED) is 0.701. The van der Waals surface area contributed by atoms with Crippen LogP contribution in [-0.4, -0.2) is 39.6 Å². The number of nitrogens with one attached hydrogen (secondary N) is 2. The maximum absolute atomic E-state index is 12.7. The standard InChI is InChI=1S/C21H27F3N4O/c1-14-5-3-6-15(2)28(14)12-4-7-20(29)25-19-13-18(26-27-19)16-8-10-17(11-9-16)21(22,23)24/h8-11,13-15H,3-7,12H2,1-2H3,(H2,25,26,27,29)/t14-,15+. The predicted octanol–water partition coefficient (Wildman–Crippen LogP) is 5.08. The lowest BCUT2D eigenvalue weighted by Gasteiger charge is -2.39. The Labute approximate surface area is 168 Å². The topological polar surface area (TPSA) is 61.0 Å². The number of aromatic nitrogens is 2. The minimum Gasteiger partial charge on any atom is -0.311 e. The van der Waals surface area contributed by atoms with Crippen molar-refractivity contribution < 1.29 is 18.0 Å². The highest BCUT2D eigenvalue weighted by Crippen LogP contribution is 2.31. The number of amides is 1. The fraction of sp³-hybridized carbons (Fsp3) is 0.524. The molecule has 0 unspecified atom stereocenters. The molecular weight excluding hydrogens is 381 g/mol. The van der Waals surface area contributed by atoms with E-state index in [0.717, 1.165) is 25.1 Å². The molecule has 3 rings (SSSR count). The van der Waals surface area contributed by atoms with Gasteiger partial charge in [-0.05, 0) is 51.8 Å². The van der Waals surface area contributed by atoms with Crippen LogP contribution < -0.4 is 5.32 Å². The third-order valence-electron chi connectivity index (χ3n) is 5.56. The molecule has 0 aliphatic carbocycles. The molecule has 0 saturated carbocycles. The van der Waals surface area contributed by atoms with Gasteiger partial charge in [0.25, 0.3) is 0 Å². The van der Waals surface area contributed by atoms with Crippen molar-refractivity contribution in [2.75, 3.05) is 11.9 Å². The highest BCUT2D eigenvalue weighted by Gasteiger charge is 2.30. The van der Waals surface area contributed by atoms with Crippen LogP contribution >= 0.6 is 0 Å². The summed E-state index contributed by atoms with van der Waals surface area (Å²) in [5.74, 6) is 0.328. The molecule has 2 atom stereocenters. The first kappa shape index (κ1) is 21.4. The number of piperidine rings is 1. The third-order valence-corrected chi connectivity index (χ3v) is 5.56. The van der Waals surface area contributed by atoms with Gasteiger partial charge in [-0.2, -0.15) is 18.3 Å². The Hall–Kier alpha value is -2.35. The van der Waals surface area contributed by atoms with E-state index in [9.17, 15) is 18.0 Å². The molecule has 0 spiro atoms. The molecule has 1 aromatic heterocycles. The summed E-state index contributed by atoms with van der Waals surface area (Å²) in [6.07, 6.45) is 0.493. The van der Waals surface area contributed by atoms with Gasteiger partial charge in [-0.25, -0.2) is 0 Å². The van der Waals surface area contributed by atoms with Gasteiger partial charge in [0.15, 0.2) is 0 Å². The number of alkyl halides is 3. The van der Waals surface area contributed by atoms with Crippen molar-refractivity contribution in [3.8, 4) is 11.3 Å². The van der Waals surface area contributed by atoms with Crippen molar-refractivity contribution in [2.24, 2.45) is 0 Å². The molecule has 2 heterocycles. The van der Waals surface area contributed by atoms with E-state index >= 15 is 0 Å². The molecule has 158 valence electrons. The summed E-state index contributed by atoms with van der Waals surface area (Å²) in [7, 11) is 0. The molecule has 1 fully saturated rings. The normalized spacial score (nSPS) is 20.6. The summed E-state index contributed by atoms with van der Waals surface area (Å²) in [5.41, 5.74) is 0.315. The number of nitrogens with zero attached hydrogens (tertiary/aromatic N) is 2. The number of aromatic amines is 1. The average Bonchev–Trinajstić information content (AvgIpc) is 3.12. The molecule has 1 aliphatic rings. The second kappa shape index (κ2) is 8.98. The van der Waals surface area contributed by atoms with Crippen LogP contribution in [0.5, 0.6) is 0 Å². The molecule has 8 heteroatoms. The van der Waals surface area contributed by atoms with E-state index in [0.29, 0.717) is 35.6 Å². The zero-order valence-corrected chi connectivity index (χ0v) is 16.7. The molecule has 5 nitrogen and oxygen atoms in total. The van der Waals surface area contributed by atoms with Crippen molar-refractivity contribution in [2.45, 2.75) is 64.2 Å². The summed E-state index contributed by atoms with van der Waals surface area (Å²) in [6.45, 7) is 5.38. The Kier molecular flexibility index (Phi) is 6.62. The number of carbonyl (C=O) groups excluding carboxylic acids is 1. The van der Waals surface area contributed by atoms with Gasteiger partial charge in [-0.1, -0.05) is 18.6 Å². The largest absolute Gasteiger partial charge is 0.416 e. The minimum atomic E-state index is -4.37. The van der Waals surface area contributed by atoms with Crippen LogP contribution in [0.1, 0.15) is 51.5 Å². The molecule has 1 aromatic carbocycles. The van der Waals surface area contributed by atoms with Crippen LogP contribution in [0.4, 0.5) is 19.0 Å². The molecule has 2 aromatic rings. The SMILES string of the molecule is C[C@@H]1CCC[C@H](C)N1CCCC(=O)Nc1cc(-c2ccc(C(F)(F)F)cc2)n[nH]1. The van der Waals surface area contributed by atoms with Gasteiger partial charge in [-0.15, -0.1) is 0 Å². The lowest BCUT2D eigenvalue weighted by atomic mass is 9.97. The lowest BCUT2D eigenvalue weighted by Crippen LogP contribution is -2.44. The fourth-order valence-corrected chi connectivity index (χ4v) is 3.91. The van der Waals surface area contributed by atoms with Crippen molar-refractivity contribution >= 4 is 11.7 Å². The summed E-state index contributed by atoms with van der Waals surface area (Å²) in [4.78, 5) is 14.7. The highest BCUT2D eigenvalue weighted by atomic mass is 19.4. The number of rotatable bonds is 6. The Morgan fingerprint density at radius 1 is 1.21 bits per heavy atom. The molecular formula is C21H27F3N4O. The first-order valence-corrected chi connectivity index (χ1v) is 10.0. The maximum atomic E-state index is 12.7. The van der Waals surface area contributed by atoms with Crippen LogP contribution in [-0.2, 0) is 11.0 Å². The predicted molar refractivity (Wildman–Crippen MR) is 106 cm³/mol. The number of halogens is 3. The van der Waals surface area contributed by atoms with E-state index in [1.807, 2.05) is 0 Å². The number of hydrogen-bond acceptors (Lipinski definition) is 3. The van der Waals surface area contributed by atoms with Crippen molar-refractivity contribution in [1.82, 2.24) is 15.1 Å². The van der Waals surface area contributed by atoms with Gasteiger partial charge in [0.2, 0.25) is 5.91 Å². The second-order valence-corrected chi connectivity index (χ2v) is 7.76. The van der Waals surface area contributed by atoms with Crippen LogP contribution in [0.3, 0.4) is 0 Å². The van der Waals surface area contributed by atoms with Crippen molar-refractivity contribution in [3.05, 3.63) is 35.9 Å². The summed E-state index contributed by atoms with van der Waals surface area (Å²) in [5, 5.41) is 9.57. The maximum Gasteiger partial charge on any atom is 0.416 e. The van der Waals surface area contributed by atoms with E-state index in [1.54, 1.807) is 6.07 Å². The van der Waals surface area contributed by atoms with Gasteiger partial charge in [0, 0.05) is 30.1 Å². The van der Waals surface area contributed by atoms with Crippen LogP contribution in [0, 0.1) is 0 Å². The monoisotopic (exact) mass is 408 g/mol. The Morgan fingerprint density at radius 3 is 2.48 bits per heavy atom. The van der Waals surface area contributed by atoms with E-state index in [-0.39, 0.29) is 5.91 Å². The molecule has 0 bridgehead atoms. The van der Waals surface area contributed by atoms with Crippen LogP contribution in [0.25, 0.3) is 11.3 Å². The Morgan fingerprint density at radius 2 is 1.86 bits per heavy atom. The minimum absolute atomic E-state index is 0.107. The average molecular weight is 408 g/mol. The Bertz CT molecular complexity index is 806. The van der Waals surface area contributed by atoms with Crippen LogP contribution in [0.2, 0.25) is 0 Å². The molecule has 1 amide bonds. The number of hydrogen-bond donors (Lipinski definition) is 2. The second-order valence-electron chi connectivity index (χ2n) is 7.76. The molecule has 1 aliphatic heterocycles. The van der Waals surface area contributed by atoms with E-state index < -0.39 is 11.7 Å². The van der Waals surface area contributed by atoms with E-state index in [4.69, 9.17) is 0 Å². The fourth-order valence-electron chi connectivity index (χ4n) is 3.91. The first-order chi connectivity index (χ1) is 13.7. The van der Waals surface area contributed by atoms with Gasteiger partial charge >= 0.3 is 6.18 Å². The molecule has 2 N–H and O–H groups in total. The molecule has 29 heavy (non-hydrogen) atoms. The van der Waals surface area contributed by atoms with Gasteiger partial charge in [0.05, 0.1) is 11.3 Å². The number of anilines is 1. The lowest BCUT2D eigenvalue weighted by molar-refractivity contribution is -0.137. The van der Waals surface area contributed by atoms with Crippen LogP contribution in [0.15, 0.2) is 30.3 Å². The third kappa shape index (κ3) is 5.59. The van der Waals surface area contributed by atoms with Gasteiger partial charge in [0.1, 0.15) is 5.82 Å².